The Balaban J connectivity index is 2.27. The molecule has 1 fully saturated rings. The number of nitrogens with one attached hydrogen (secondary N) is 3. The second kappa shape index (κ2) is 7.44. The van der Waals surface area contributed by atoms with E-state index in [0.29, 0.717) is 5.11 Å². The van der Waals surface area contributed by atoms with Gasteiger partial charge in [0.1, 0.15) is 6.04 Å². The lowest BCUT2D eigenvalue weighted by atomic mass is 10.1. The maximum absolute atomic E-state index is 11.6. The van der Waals surface area contributed by atoms with Crippen LogP contribution in [0.1, 0.15) is 39.0 Å². The molecule has 0 unspecified atom stereocenters. The molecule has 4 nitrogen and oxygen atoms in total. The lowest BCUT2D eigenvalue weighted by Crippen LogP contribution is -2.49. The molecule has 1 amide bonds. The van der Waals surface area contributed by atoms with Gasteiger partial charge in [-0.1, -0.05) is 13.3 Å². The summed E-state index contributed by atoms with van der Waals surface area (Å²) in [6, 6.07) is -0.163. The topological polar surface area (TPSA) is 53.2 Å². The van der Waals surface area contributed by atoms with Gasteiger partial charge < -0.3 is 16.0 Å². The van der Waals surface area contributed by atoms with Crippen molar-refractivity contribution in [3.8, 4) is 0 Å². The molecule has 1 aliphatic rings. The summed E-state index contributed by atoms with van der Waals surface area (Å²) in [5.41, 5.74) is 0. The van der Waals surface area contributed by atoms with E-state index in [2.05, 4.69) is 22.9 Å². The highest BCUT2D eigenvalue weighted by molar-refractivity contribution is 7.80. The van der Waals surface area contributed by atoms with Gasteiger partial charge in [-0.05, 0) is 37.9 Å². The first-order valence-electron chi connectivity index (χ1n) is 6.06. The van der Waals surface area contributed by atoms with Gasteiger partial charge >= 0.3 is 0 Å². The van der Waals surface area contributed by atoms with Gasteiger partial charge in [0.15, 0.2) is 5.11 Å². The maximum Gasteiger partial charge on any atom is 0.242 e. The van der Waals surface area contributed by atoms with Crippen LogP contribution in [0.3, 0.4) is 0 Å². The summed E-state index contributed by atoms with van der Waals surface area (Å²) in [4.78, 5) is 11.6. The lowest BCUT2D eigenvalue weighted by Gasteiger charge is -2.17. The molecule has 0 saturated carbocycles. The van der Waals surface area contributed by atoms with E-state index >= 15 is 0 Å². The van der Waals surface area contributed by atoms with Gasteiger partial charge in [-0.2, -0.15) is 0 Å². The van der Waals surface area contributed by atoms with Crippen molar-refractivity contribution >= 4 is 23.2 Å². The van der Waals surface area contributed by atoms with Gasteiger partial charge in [-0.15, -0.1) is 0 Å². The fourth-order valence-electron chi connectivity index (χ4n) is 1.67. The van der Waals surface area contributed by atoms with Gasteiger partial charge in [-0.3, -0.25) is 4.79 Å². The van der Waals surface area contributed by atoms with E-state index in [4.69, 9.17) is 12.2 Å². The number of unbranched alkanes of at least 4 members (excludes halogenated alkanes) is 1. The van der Waals surface area contributed by atoms with E-state index in [-0.39, 0.29) is 11.9 Å². The fourth-order valence-corrected chi connectivity index (χ4v) is 1.91. The van der Waals surface area contributed by atoms with E-state index in [1.807, 2.05) is 0 Å². The quantitative estimate of drug-likeness (QED) is 0.508. The normalized spacial score (nSPS) is 20.8. The number of hydrogen-bond donors (Lipinski definition) is 3. The summed E-state index contributed by atoms with van der Waals surface area (Å²) in [7, 11) is 0. The highest BCUT2D eigenvalue weighted by atomic mass is 32.1. The summed E-state index contributed by atoms with van der Waals surface area (Å²) >= 11 is 5.14. The minimum atomic E-state index is -0.163. The Morgan fingerprint density at radius 1 is 1.56 bits per heavy atom. The fraction of sp³-hybridized carbons (Fsp3) is 0.818. The number of thiocarbonyl (C=S) groups is 1. The van der Waals surface area contributed by atoms with Crippen LogP contribution in [0.2, 0.25) is 0 Å². The van der Waals surface area contributed by atoms with Crippen molar-refractivity contribution in [1.82, 2.24) is 16.0 Å². The molecule has 1 atom stereocenters. The molecule has 16 heavy (non-hydrogen) atoms. The first-order valence-corrected chi connectivity index (χ1v) is 6.47. The molecule has 0 bridgehead atoms. The summed E-state index contributed by atoms with van der Waals surface area (Å²) in [6.07, 6.45) is 5.22. The van der Waals surface area contributed by atoms with E-state index in [9.17, 15) is 4.79 Å². The zero-order valence-electron chi connectivity index (χ0n) is 9.84. The van der Waals surface area contributed by atoms with Crippen LogP contribution in [0.25, 0.3) is 0 Å². The molecular formula is C11H21N3OS. The van der Waals surface area contributed by atoms with Crippen molar-refractivity contribution in [2.45, 2.75) is 45.1 Å². The third-order valence-corrected chi connectivity index (χ3v) is 2.92. The molecule has 1 saturated heterocycles. The average Bonchev–Trinajstić information content (AvgIpc) is 2.45. The second-order valence-corrected chi connectivity index (χ2v) is 4.50. The molecule has 0 radical (unpaired) electrons. The number of hydrogen-bond acceptors (Lipinski definition) is 2. The Bertz CT molecular complexity index is 245. The van der Waals surface area contributed by atoms with Crippen molar-refractivity contribution in [3.63, 3.8) is 0 Å². The van der Waals surface area contributed by atoms with Crippen molar-refractivity contribution in [2.75, 3.05) is 13.1 Å². The predicted molar refractivity (Wildman–Crippen MR) is 69.3 cm³/mol. The van der Waals surface area contributed by atoms with Gasteiger partial charge in [0.05, 0.1) is 0 Å². The summed E-state index contributed by atoms with van der Waals surface area (Å²) in [5.74, 6) is 0.0668. The number of rotatable bonds is 4. The molecular weight excluding hydrogens is 222 g/mol. The lowest BCUT2D eigenvalue weighted by molar-refractivity contribution is -0.122. The monoisotopic (exact) mass is 243 g/mol. The number of carbonyl (C=O) groups excluding carboxylic acids is 1. The standard InChI is InChI=1S/C11H21N3OS/c1-2-3-7-13-11(16)14-9-6-4-5-8-12-10(9)15/h9H,2-8H2,1H3,(H,12,15)(H2,13,14,16)/t9-/m1/s1. The molecule has 0 aromatic heterocycles. The predicted octanol–water partition coefficient (Wildman–Crippen LogP) is 0.919. The van der Waals surface area contributed by atoms with Crippen LogP contribution < -0.4 is 16.0 Å². The van der Waals surface area contributed by atoms with Crippen molar-refractivity contribution in [1.29, 1.82) is 0 Å². The molecule has 92 valence electrons. The van der Waals surface area contributed by atoms with Gasteiger partial charge in [0.25, 0.3) is 0 Å². The van der Waals surface area contributed by atoms with Crippen LogP contribution >= 0.6 is 12.2 Å². The van der Waals surface area contributed by atoms with E-state index in [1.165, 1.54) is 0 Å². The summed E-state index contributed by atoms with van der Waals surface area (Å²) in [6.45, 7) is 3.79. The molecule has 0 aliphatic carbocycles. The van der Waals surface area contributed by atoms with Gasteiger partial charge in [0.2, 0.25) is 5.91 Å². The zero-order chi connectivity index (χ0) is 11.8. The Kier molecular flexibility index (Phi) is 6.15. The largest absolute Gasteiger partial charge is 0.363 e. The highest BCUT2D eigenvalue weighted by Crippen LogP contribution is 2.04. The average molecular weight is 243 g/mol. The molecule has 0 spiro atoms. The SMILES string of the molecule is CCCCNC(=S)N[C@@H]1CCCCNC1=O. The highest BCUT2D eigenvalue weighted by Gasteiger charge is 2.20. The second-order valence-electron chi connectivity index (χ2n) is 4.09. The molecule has 1 rings (SSSR count). The Labute approximate surface area is 103 Å². The van der Waals surface area contributed by atoms with Crippen LogP contribution in [-0.2, 0) is 4.79 Å². The third-order valence-electron chi connectivity index (χ3n) is 2.66. The van der Waals surface area contributed by atoms with Crippen molar-refractivity contribution in [3.05, 3.63) is 0 Å². The third kappa shape index (κ3) is 4.79. The van der Waals surface area contributed by atoms with Crippen LogP contribution in [0.15, 0.2) is 0 Å². The molecule has 1 aliphatic heterocycles. The van der Waals surface area contributed by atoms with Gasteiger partial charge in [-0.25, -0.2) is 0 Å². The first kappa shape index (κ1) is 13.2. The Hall–Kier alpha value is -0.840. The number of amides is 1. The first-order chi connectivity index (χ1) is 7.74. The summed E-state index contributed by atoms with van der Waals surface area (Å²) in [5, 5.41) is 9.66. The Morgan fingerprint density at radius 2 is 2.38 bits per heavy atom. The molecule has 3 N–H and O–H groups in total. The Morgan fingerprint density at radius 3 is 3.12 bits per heavy atom. The number of carbonyl (C=O) groups is 1. The molecule has 0 aromatic carbocycles. The van der Waals surface area contributed by atoms with Crippen LogP contribution in [0.4, 0.5) is 0 Å². The van der Waals surface area contributed by atoms with Crippen LogP contribution in [-0.4, -0.2) is 30.2 Å². The molecule has 0 aromatic rings. The van der Waals surface area contributed by atoms with Crippen molar-refractivity contribution < 1.29 is 4.79 Å². The van der Waals surface area contributed by atoms with Crippen LogP contribution in [0.5, 0.6) is 0 Å². The van der Waals surface area contributed by atoms with Crippen LogP contribution in [0, 0.1) is 0 Å². The zero-order valence-corrected chi connectivity index (χ0v) is 10.7. The van der Waals surface area contributed by atoms with Gasteiger partial charge in [0, 0.05) is 13.1 Å². The molecule has 1 heterocycles. The van der Waals surface area contributed by atoms with E-state index in [0.717, 1.165) is 45.2 Å². The van der Waals surface area contributed by atoms with E-state index in [1.54, 1.807) is 0 Å². The maximum atomic E-state index is 11.6. The minimum absolute atomic E-state index is 0.0668. The van der Waals surface area contributed by atoms with Crippen molar-refractivity contribution in [2.24, 2.45) is 0 Å². The minimum Gasteiger partial charge on any atom is -0.363 e. The summed E-state index contributed by atoms with van der Waals surface area (Å²) < 4.78 is 0. The molecule has 5 heteroatoms. The smallest absolute Gasteiger partial charge is 0.242 e. The van der Waals surface area contributed by atoms with E-state index < -0.39 is 0 Å².